The van der Waals surface area contributed by atoms with Crippen molar-refractivity contribution in [3.8, 4) is 5.75 Å². The predicted molar refractivity (Wildman–Crippen MR) is 114 cm³/mol. The summed E-state index contributed by atoms with van der Waals surface area (Å²) in [7, 11) is -3.82. The summed E-state index contributed by atoms with van der Waals surface area (Å²) in [5.74, 6) is -2.68. The predicted octanol–water partition coefficient (Wildman–Crippen LogP) is -0.839. The molecule has 2 aromatic carbocycles. The summed E-state index contributed by atoms with van der Waals surface area (Å²) in [5.41, 5.74) is 0.760. The van der Waals surface area contributed by atoms with Crippen LogP contribution in [0.5, 0.6) is 5.75 Å². The molecule has 164 valence electrons. The minimum absolute atomic E-state index is 0. The Balaban J connectivity index is 0.00000363. The number of carboxylic acids is 1. The fourth-order valence-corrected chi connectivity index (χ4v) is 4.38. The van der Waals surface area contributed by atoms with E-state index < -0.39 is 33.7 Å². The molecule has 2 atom stereocenters. The van der Waals surface area contributed by atoms with Gasteiger partial charge in [-0.05, 0) is 68.3 Å². The first-order chi connectivity index (χ1) is 14.8. The van der Waals surface area contributed by atoms with Gasteiger partial charge >= 0.3 is 29.6 Å². The van der Waals surface area contributed by atoms with Gasteiger partial charge in [0.1, 0.15) is 5.75 Å². The van der Waals surface area contributed by atoms with Crippen LogP contribution in [0.3, 0.4) is 0 Å². The number of benzene rings is 2. The van der Waals surface area contributed by atoms with Crippen molar-refractivity contribution in [3.05, 3.63) is 60.7 Å². The van der Waals surface area contributed by atoms with Gasteiger partial charge < -0.3 is 20.0 Å². The zero-order chi connectivity index (χ0) is 22.4. The summed E-state index contributed by atoms with van der Waals surface area (Å²) >= 11 is 0. The van der Waals surface area contributed by atoms with Crippen LogP contribution in [0, 0.1) is 11.8 Å². The number of hydrogen-bond acceptors (Lipinski definition) is 6. The fraction of sp³-hybridized carbons (Fsp3) is 0.273. The average molecular weight is 466 g/mol. The van der Waals surface area contributed by atoms with Crippen LogP contribution in [-0.2, 0) is 19.6 Å². The minimum atomic E-state index is -3.82. The number of ether oxygens (including phenoxy) is 1. The fourth-order valence-electron chi connectivity index (χ4n) is 3.32. The van der Waals surface area contributed by atoms with Crippen LogP contribution in [0.15, 0.2) is 65.6 Å². The molecule has 1 amide bonds. The first kappa shape index (κ1) is 25.9. The molecule has 3 rings (SSSR count). The summed E-state index contributed by atoms with van der Waals surface area (Å²) in [4.78, 5) is 23.8. The summed E-state index contributed by atoms with van der Waals surface area (Å²) in [6.07, 6.45) is 4.05. The van der Waals surface area contributed by atoms with E-state index in [9.17, 15) is 23.1 Å². The van der Waals surface area contributed by atoms with Gasteiger partial charge in [-0.25, -0.2) is 8.42 Å². The van der Waals surface area contributed by atoms with Gasteiger partial charge in [-0.15, -0.1) is 0 Å². The van der Waals surface area contributed by atoms with Crippen molar-refractivity contribution in [3.63, 3.8) is 0 Å². The summed E-state index contributed by atoms with van der Waals surface area (Å²) < 4.78 is 33.0. The number of carbonyl (C=O) groups is 2. The normalized spacial score (nSPS) is 17.7. The van der Waals surface area contributed by atoms with Crippen molar-refractivity contribution >= 4 is 33.3 Å². The van der Waals surface area contributed by atoms with Gasteiger partial charge in [0.2, 0.25) is 5.91 Å². The molecule has 0 spiro atoms. The third kappa shape index (κ3) is 6.59. The average Bonchev–Trinajstić information content (AvgIpc) is 2.75. The topological polar surface area (TPSA) is 125 Å². The Bertz CT molecular complexity index is 1070. The van der Waals surface area contributed by atoms with Crippen LogP contribution in [0.25, 0.3) is 0 Å². The zero-order valence-electron chi connectivity index (χ0n) is 17.9. The van der Waals surface area contributed by atoms with Crippen molar-refractivity contribution in [2.24, 2.45) is 11.8 Å². The molecule has 8 nitrogen and oxygen atoms in total. The number of carboxylic acid groups (broad SMARTS) is 1. The number of amides is 1. The van der Waals surface area contributed by atoms with Crippen molar-refractivity contribution in [1.29, 1.82) is 0 Å². The molecule has 2 aromatic rings. The molecule has 0 saturated heterocycles. The van der Waals surface area contributed by atoms with E-state index in [1.54, 1.807) is 36.4 Å². The Morgan fingerprint density at radius 1 is 0.969 bits per heavy atom. The van der Waals surface area contributed by atoms with Crippen molar-refractivity contribution in [1.82, 2.24) is 0 Å². The number of sulfonamides is 1. The Kier molecular flexibility index (Phi) is 9.33. The van der Waals surface area contributed by atoms with Gasteiger partial charge in [0.05, 0.1) is 17.4 Å². The molecule has 0 bridgehead atoms. The molecular formula is C22H23N2NaO6S. The number of allylic oxidation sites excluding steroid dienone is 2. The standard InChI is InChI=1S/C22H24N2O6S.Na/c1-2-30-17-11-7-16(8-12-17)24-31(28,29)18-13-9-15(10-14-18)23-21(25)19-5-3-4-6-20(19)22(26)27;/h3-4,7-14,19-20,24H,2,5-6H2,1H3,(H,23,25)(H,26,27);/q;+1/p-1. The van der Waals surface area contributed by atoms with Gasteiger partial charge in [0.25, 0.3) is 10.0 Å². The van der Waals surface area contributed by atoms with Gasteiger partial charge in [-0.1, -0.05) is 12.2 Å². The molecule has 0 aromatic heterocycles. The van der Waals surface area contributed by atoms with Crippen LogP contribution in [-0.4, -0.2) is 26.9 Å². The second kappa shape index (κ2) is 11.5. The van der Waals surface area contributed by atoms with Crippen LogP contribution in [0.4, 0.5) is 11.4 Å². The maximum absolute atomic E-state index is 12.6. The molecule has 0 saturated carbocycles. The molecule has 32 heavy (non-hydrogen) atoms. The maximum atomic E-state index is 12.6. The SMILES string of the molecule is CCOc1ccc(NS(=O)(=O)c2ccc(NC(=O)C3CC=CCC3C(=O)[O-])cc2)cc1.[Na+]. The van der Waals surface area contributed by atoms with Crippen LogP contribution < -0.4 is 49.4 Å². The molecule has 1 aliphatic rings. The van der Waals surface area contributed by atoms with Crippen LogP contribution >= 0.6 is 0 Å². The minimum Gasteiger partial charge on any atom is -0.550 e. The van der Waals surface area contributed by atoms with E-state index in [4.69, 9.17) is 4.74 Å². The summed E-state index contributed by atoms with van der Waals surface area (Å²) in [5, 5.41) is 13.9. The molecule has 2 unspecified atom stereocenters. The number of anilines is 2. The third-order valence-electron chi connectivity index (χ3n) is 4.92. The van der Waals surface area contributed by atoms with E-state index in [-0.39, 0.29) is 40.9 Å². The number of aliphatic carboxylic acids is 1. The van der Waals surface area contributed by atoms with Crippen molar-refractivity contribution in [2.75, 3.05) is 16.6 Å². The monoisotopic (exact) mass is 466 g/mol. The van der Waals surface area contributed by atoms with E-state index in [0.717, 1.165) is 0 Å². The number of hydrogen-bond donors (Lipinski definition) is 2. The summed E-state index contributed by atoms with van der Waals surface area (Å²) in [6.45, 7) is 2.37. The Hall–Kier alpha value is -2.33. The quantitative estimate of drug-likeness (QED) is 0.386. The van der Waals surface area contributed by atoms with Gasteiger partial charge in [-0.3, -0.25) is 9.52 Å². The van der Waals surface area contributed by atoms with Crippen molar-refractivity contribution < 1.29 is 57.4 Å². The Labute approximate surface area is 209 Å². The second-order valence-corrected chi connectivity index (χ2v) is 8.73. The largest absolute Gasteiger partial charge is 1.00 e. The molecule has 2 N–H and O–H groups in total. The van der Waals surface area contributed by atoms with E-state index in [0.29, 0.717) is 30.2 Å². The maximum Gasteiger partial charge on any atom is 1.00 e. The van der Waals surface area contributed by atoms with Crippen molar-refractivity contribution in [2.45, 2.75) is 24.7 Å². The molecule has 1 aliphatic carbocycles. The van der Waals surface area contributed by atoms with Crippen LogP contribution in [0.2, 0.25) is 0 Å². The van der Waals surface area contributed by atoms with Crippen LogP contribution in [0.1, 0.15) is 19.8 Å². The Morgan fingerprint density at radius 3 is 2.09 bits per heavy atom. The molecule has 0 radical (unpaired) electrons. The first-order valence-electron chi connectivity index (χ1n) is 9.82. The van der Waals surface area contributed by atoms with E-state index in [1.165, 1.54) is 24.3 Å². The van der Waals surface area contributed by atoms with E-state index in [1.807, 2.05) is 6.92 Å². The second-order valence-electron chi connectivity index (χ2n) is 7.05. The molecule has 0 aliphatic heterocycles. The number of nitrogens with one attached hydrogen (secondary N) is 2. The molecule has 0 heterocycles. The van der Waals surface area contributed by atoms with Gasteiger partial charge in [-0.2, -0.15) is 0 Å². The molecular weight excluding hydrogens is 443 g/mol. The first-order valence-corrected chi connectivity index (χ1v) is 11.3. The van der Waals surface area contributed by atoms with Gasteiger partial charge in [0, 0.05) is 23.3 Å². The van der Waals surface area contributed by atoms with Gasteiger partial charge in [0.15, 0.2) is 0 Å². The van der Waals surface area contributed by atoms with E-state index >= 15 is 0 Å². The molecule has 0 fully saturated rings. The number of carbonyl (C=O) groups excluding carboxylic acids is 2. The third-order valence-corrected chi connectivity index (χ3v) is 6.32. The smallest absolute Gasteiger partial charge is 0.550 e. The number of rotatable bonds is 8. The Morgan fingerprint density at radius 2 is 1.53 bits per heavy atom. The van der Waals surface area contributed by atoms with E-state index in [2.05, 4.69) is 10.0 Å². The molecule has 10 heteroatoms. The summed E-state index contributed by atoms with van der Waals surface area (Å²) in [6, 6.07) is 12.2. The zero-order valence-corrected chi connectivity index (χ0v) is 20.7.